The predicted octanol–water partition coefficient (Wildman–Crippen LogP) is 2.67. The van der Waals surface area contributed by atoms with E-state index in [0.717, 1.165) is 22.3 Å². The Bertz CT molecular complexity index is 359. The highest BCUT2D eigenvalue weighted by molar-refractivity contribution is 6.17. The summed E-state index contributed by atoms with van der Waals surface area (Å²) in [5.41, 5.74) is 3.98. The van der Waals surface area contributed by atoms with Crippen molar-refractivity contribution in [2.24, 2.45) is 0 Å². The molecule has 0 bridgehead atoms. The van der Waals surface area contributed by atoms with Crippen molar-refractivity contribution in [3.05, 3.63) is 34.4 Å². The molecule has 0 saturated carbocycles. The third-order valence-corrected chi connectivity index (χ3v) is 2.59. The Labute approximate surface area is 88.5 Å². The summed E-state index contributed by atoms with van der Waals surface area (Å²) in [6.45, 7) is 3.97. The summed E-state index contributed by atoms with van der Waals surface area (Å²) in [5, 5.41) is 8.70. The van der Waals surface area contributed by atoms with Crippen LogP contribution in [-0.4, -0.2) is 11.1 Å². The second-order valence-electron chi connectivity index (χ2n) is 3.41. The number of hydrogen-bond acceptors (Lipinski definition) is 1. The van der Waals surface area contributed by atoms with Crippen LogP contribution in [0.1, 0.15) is 22.3 Å². The van der Waals surface area contributed by atoms with E-state index in [1.54, 1.807) is 0 Å². The molecular formula is C11H13ClO2. The lowest BCUT2D eigenvalue weighted by molar-refractivity contribution is -0.136. The van der Waals surface area contributed by atoms with E-state index in [0.29, 0.717) is 5.88 Å². The lowest BCUT2D eigenvalue weighted by Gasteiger charge is -2.08. The molecule has 0 aliphatic carbocycles. The van der Waals surface area contributed by atoms with Gasteiger partial charge < -0.3 is 5.11 Å². The number of carbonyl (C=O) groups is 1. The zero-order chi connectivity index (χ0) is 10.7. The first-order valence-corrected chi connectivity index (χ1v) is 4.94. The van der Waals surface area contributed by atoms with E-state index >= 15 is 0 Å². The van der Waals surface area contributed by atoms with Crippen molar-refractivity contribution in [3.8, 4) is 0 Å². The molecular weight excluding hydrogens is 200 g/mol. The fourth-order valence-electron chi connectivity index (χ4n) is 1.39. The van der Waals surface area contributed by atoms with E-state index in [1.807, 2.05) is 26.0 Å². The summed E-state index contributed by atoms with van der Waals surface area (Å²) in [7, 11) is 0. The summed E-state index contributed by atoms with van der Waals surface area (Å²) in [6.07, 6.45) is 0.0448. The normalized spacial score (nSPS) is 10.2. The highest BCUT2D eigenvalue weighted by Gasteiger charge is 2.07. The zero-order valence-corrected chi connectivity index (χ0v) is 9.06. The third-order valence-electron chi connectivity index (χ3n) is 2.30. The van der Waals surface area contributed by atoms with Crippen LogP contribution in [0.3, 0.4) is 0 Å². The first kappa shape index (κ1) is 11.1. The maximum Gasteiger partial charge on any atom is 0.307 e. The molecule has 14 heavy (non-hydrogen) atoms. The van der Waals surface area contributed by atoms with E-state index in [4.69, 9.17) is 16.7 Å². The number of carboxylic acid groups (broad SMARTS) is 1. The van der Waals surface area contributed by atoms with Crippen LogP contribution < -0.4 is 0 Å². The maximum atomic E-state index is 10.6. The van der Waals surface area contributed by atoms with Gasteiger partial charge in [-0.2, -0.15) is 0 Å². The molecule has 76 valence electrons. The van der Waals surface area contributed by atoms with Crippen molar-refractivity contribution >= 4 is 17.6 Å². The number of aryl methyl sites for hydroxylation is 2. The van der Waals surface area contributed by atoms with Gasteiger partial charge in [-0.15, -0.1) is 11.6 Å². The second kappa shape index (κ2) is 4.47. The van der Waals surface area contributed by atoms with Gasteiger partial charge in [0.15, 0.2) is 0 Å². The highest BCUT2D eigenvalue weighted by Crippen LogP contribution is 2.18. The van der Waals surface area contributed by atoms with Gasteiger partial charge in [0.25, 0.3) is 0 Å². The average molecular weight is 213 g/mol. The summed E-state index contributed by atoms with van der Waals surface area (Å²) < 4.78 is 0. The van der Waals surface area contributed by atoms with Crippen molar-refractivity contribution in [1.29, 1.82) is 0 Å². The van der Waals surface area contributed by atoms with E-state index in [2.05, 4.69) is 0 Å². The fraction of sp³-hybridized carbons (Fsp3) is 0.364. The van der Waals surface area contributed by atoms with Gasteiger partial charge in [0.2, 0.25) is 0 Å². The van der Waals surface area contributed by atoms with Crippen molar-refractivity contribution in [1.82, 2.24) is 0 Å². The van der Waals surface area contributed by atoms with Crippen LogP contribution in [0.15, 0.2) is 12.1 Å². The van der Waals surface area contributed by atoms with Crippen molar-refractivity contribution in [2.75, 3.05) is 0 Å². The Hall–Kier alpha value is -1.02. The Morgan fingerprint density at radius 3 is 2.21 bits per heavy atom. The van der Waals surface area contributed by atoms with Gasteiger partial charge in [-0.1, -0.05) is 12.1 Å². The number of halogens is 1. The van der Waals surface area contributed by atoms with Crippen LogP contribution in [0.4, 0.5) is 0 Å². The number of rotatable bonds is 3. The molecule has 1 aromatic rings. The Morgan fingerprint density at radius 2 is 1.79 bits per heavy atom. The minimum absolute atomic E-state index is 0.0448. The quantitative estimate of drug-likeness (QED) is 0.783. The summed E-state index contributed by atoms with van der Waals surface area (Å²) in [4.78, 5) is 10.6. The minimum Gasteiger partial charge on any atom is -0.481 e. The molecule has 1 rings (SSSR count). The minimum atomic E-state index is -0.820. The molecule has 0 aromatic heterocycles. The van der Waals surface area contributed by atoms with Gasteiger partial charge in [0.1, 0.15) is 0 Å². The molecule has 0 amide bonds. The summed E-state index contributed by atoms with van der Waals surface area (Å²) in [6, 6.07) is 3.86. The van der Waals surface area contributed by atoms with E-state index < -0.39 is 5.97 Å². The zero-order valence-electron chi connectivity index (χ0n) is 8.30. The van der Waals surface area contributed by atoms with Gasteiger partial charge in [-0.3, -0.25) is 4.79 Å². The molecule has 0 unspecified atom stereocenters. The number of alkyl halides is 1. The molecule has 0 atom stereocenters. The first-order chi connectivity index (χ1) is 6.54. The van der Waals surface area contributed by atoms with Crippen LogP contribution in [0.2, 0.25) is 0 Å². The standard InChI is InChI=1S/C11H13ClO2/c1-7-3-9(5-11(13)14)10(6-12)4-8(7)2/h3-4H,5-6H2,1-2H3,(H,13,14). The van der Waals surface area contributed by atoms with Gasteiger partial charge in [0, 0.05) is 5.88 Å². The number of benzene rings is 1. The van der Waals surface area contributed by atoms with Crippen LogP contribution in [0.5, 0.6) is 0 Å². The predicted molar refractivity (Wildman–Crippen MR) is 56.8 cm³/mol. The molecule has 0 aliphatic heterocycles. The number of hydrogen-bond donors (Lipinski definition) is 1. The smallest absolute Gasteiger partial charge is 0.307 e. The third kappa shape index (κ3) is 2.48. The van der Waals surface area contributed by atoms with Crippen LogP contribution in [0, 0.1) is 13.8 Å². The lowest BCUT2D eigenvalue weighted by Crippen LogP contribution is -2.04. The fourth-order valence-corrected chi connectivity index (χ4v) is 1.64. The first-order valence-electron chi connectivity index (χ1n) is 4.41. The molecule has 0 radical (unpaired) electrons. The van der Waals surface area contributed by atoms with E-state index in [-0.39, 0.29) is 6.42 Å². The maximum absolute atomic E-state index is 10.6. The molecule has 1 N–H and O–H groups in total. The van der Waals surface area contributed by atoms with Crippen molar-refractivity contribution in [3.63, 3.8) is 0 Å². The second-order valence-corrected chi connectivity index (χ2v) is 3.68. The Morgan fingerprint density at radius 1 is 1.29 bits per heavy atom. The van der Waals surface area contributed by atoms with E-state index in [9.17, 15) is 4.79 Å². The van der Waals surface area contributed by atoms with Crippen LogP contribution >= 0.6 is 11.6 Å². The van der Waals surface area contributed by atoms with Crippen molar-refractivity contribution in [2.45, 2.75) is 26.1 Å². The summed E-state index contributed by atoms with van der Waals surface area (Å²) >= 11 is 5.75. The monoisotopic (exact) mass is 212 g/mol. The Balaban J connectivity index is 3.13. The number of aliphatic carboxylic acids is 1. The van der Waals surface area contributed by atoms with Crippen molar-refractivity contribution < 1.29 is 9.90 Å². The van der Waals surface area contributed by atoms with Gasteiger partial charge in [-0.25, -0.2) is 0 Å². The SMILES string of the molecule is Cc1cc(CCl)c(CC(=O)O)cc1C. The van der Waals surface area contributed by atoms with Crippen LogP contribution in [0.25, 0.3) is 0 Å². The largest absolute Gasteiger partial charge is 0.481 e. The van der Waals surface area contributed by atoms with Crippen LogP contribution in [-0.2, 0) is 17.1 Å². The van der Waals surface area contributed by atoms with Gasteiger partial charge in [-0.05, 0) is 36.1 Å². The lowest BCUT2D eigenvalue weighted by atomic mass is 9.99. The molecule has 0 fully saturated rings. The molecule has 0 heterocycles. The molecule has 0 spiro atoms. The van der Waals surface area contributed by atoms with Gasteiger partial charge in [0.05, 0.1) is 6.42 Å². The topological polar surface area (TPSA) is 37.3 Å². The highest BCUT2D eigenvalue weighted by atomic mass is 35.5. The average Bonchev–Trinajstić information content (AvgIpc) is 2.10. The molecule has 2 nitrogen and oxygen atoms in total. The van der Waals surface area contributed by atoms with E-state index in [1.165, 1.54) is 0 Å². The van der Waals surface area contributed by atoms with Gasteiger partial charge >= 0.3 is 5.97 Å². The molecule has 0 saturated heterocycles. The summed E-state index contributed by atoms with van der Waals surface area (Å²) in [5.74, 6) is -0.455. The Kier molecular flexibility index (Phi) is 3.53. The molecule has 0 aliphatic rings. The number of carboxylic acids is 1. The molecule has 1 aromatic carbocycles. The molecule has 3 heteroatoms.